The number of fused-ring (bicyclic) bond motifs is 1. The standard InChI is InChI=1S/C13H22N8OS/c1-3-14-10-16-11(15-4-2)21-12(17-10)18-20(13(21)23)9-19-5-7-22-8-6-19/h3-9H2,1-2H3,(H2,14,15,16,17,18)/p+1. The number of nitrogens with zero attached hydrogens (tertiary/aromatic N) is 5. The molecule has 0 bridgehead atoms. The summed E-state index contributed by atoms with van der Waals surface area (Å²) in [6, 6.07) is 0. The van der Waals surface area contributed by atoms with Crippen LogP contribution in [0.4, 0.5) is 11.9 Å². The number of hydrogen-bond acceptors (Lipinski definition) is 7. The Labute approximate surface area is 139 Å². The monoisotopic (exact) mass is 339 g/mol. The molecule has 0 unspecified atom stereocenters. The molecule has 1 fully saturated rings. The Balaban J connectivity index is 1.98. The molecular weight excluding hydrogens is 316 g/mol. The van der Waals surface area contributed by atoms with E-state index in [1.165, 1.54) is 4.90 Å². The summed E-state index contributed by atoms with van der Waals surface area (Å²) in [6.45, 7) is 9.73. The largest absolute Gasteiger partial charge is 0.370 e. The molecule has 0 atom stereocenters. The number of morpholine rings is 1. The van der Waals surface area contributed by atoms with Crippen LogP contribution in [0.2, 0.25) is 0 Å². The molecule has 0 aromatic carbocycles. The van der Waals surface area contributed by atoms with Gasteiger partial charge in [-0.05, 0) is 26.1 Å². The van der Waals surface area contributed by atoms with Crippen LogP contribution in [0.25, 0.3) is 5.78 Å². The zero-order valence-corrected chi connectivity index (χ0v) is 14.3. The van der Waals surface area contributed by atoms with Gasteiger partial charge in [-0.15, -0.1) is 5.10 Å². The molecule has 10 heteroatoms. The first-order chi connectivity index (χ1) is 11.2. The van der Waals surface area contributed by atoms with Gasteiger partial charge >= 0.3 is 0 Å². The lowest BCUT2D eigenvalue weighted by Crippen LogP contribution is -3.13. The molecule has 0 aliphatic carbocycles. The van der Waals surface area contributed by atoms with Gasteiger partial charge in [0.05, 0.1) is 13.2 Å². The molecule has 0 saturated carbocycles. The van der Waals surface area contributed by atoms with Gasteiger partial charge in [0.2, 0.25) is 16.7 Å². The van der Waals surface area contributed by atoms with E-state index in [1.807, 2.05) is 18.5 Å². The number of quaternary nitrogens is 1. The summed E-state index contributed by atoms with van der Waals surface area (Å²) in [6.07, 6.45) is 0. The molecule has 126 valence electrons. The fourth-order valence-corrected chi connectivity index (χ4v) is 2.84. The summed E-state index contributed by atoms with van der Waals surface area (Å²) < 4.78 is 9.63. The van der Waals surface area contributed by atoms with Crippen molar-refractivity contribution in [3.63, 3.8) is 0 Å². The van der Waals surface area contributed by atoms with Gasteiger partial charge in [0.15, 0.2) is 6.67 Å². The molecule has 3 heterocycles. The van der Waals surface area contributed by atoms with Gasteiger partial charge < -0.3 is 20.3 Å². The van der Waals surface area contributed by atoms with Gasteiger partial charge in [-0.1, -0.05) is 0 Å². The van der Waals surface area contributed by atoms with Gasteiger partial charge in [-0.2, -0.15) is 14.6 Å². The summed E-state index contributed by atoms with van der Waals surface area (Å²) in [4.78, 5) is 10.3. The van der Waals surface area contributed by atoms with E-state index in [1.54, 1.807) is 4.40 Å². The molecule has 0 spiro atoms. The summed E-state index contributed by atoms with van der Waals surface area (Å²) in [5.41, 5.74) is 0. The second-order valence-corrected chi connectivity index (χ2v) is 5.73. The highest BCUT2D eigenvalue weighted by Gasteiger charge is 2.18. The SMILES string of the molecule is CCNc1nc(NCC)n2c(=S)n(C[NH+]3CCOCC3)nc2n1. The Bertz CT molecular complexity index is 721. The zero-order chi connectivity index (χ0) is 16.2. The molecule has 2 aromatic heterocycles. The second kappa shape index (κ2) is 7.20. The Morgan fingerprint density at radius 2 is 1.91 bits per heavy atom. The summed E-state index contributed by atoms with van der Waals surface area (Å²) in [5.74, 6) is 1.79. The highest BCUT2D eigenvalue weighted by molar-refractivity contribution is 7.71. The molecular formula is C13H23N8OS+. The normalized spacial score (nSPS) is 15.9. The molecule has 2 aromatic rings. The van der Waals surface area contributed by atoms with Crippen LogP contribution in [0.5, 0.6) is 0 Å². The second-order valence-electron chi connectivity index (χ2n) is 5.37. The topological polar surface area (TPSA) is 85.7 Å². The maximum Gasteiger partial charge on any atom is 0.260 e. The quantitative estimate of drug-likeness (QED) is 0.606. The van der Waals surface area contributed by atoms with Gasteiger partial charge in [0.1, 0.15) is 13.1 Å². The number of ether oxygens (including phenoxy) is 1. The van der Waals surface area contributed by atoms with E-state index in [4.69, 9.17) is 17.0 Å². The van der Waals surface area contributed by atoms with Gasteiger partial charge in [-0.3, -0.25) is 0 Å². The van der Waals surface area contributed by atoms with Crippen LogP contribution in [0.3, 0.4) is 0 Å². The third kappa shape index (κ3) is 3.43. The average molecular weight is 339 g/mol. The van der Waals surface area contributed by atoms with E-state index >= 15 is 0 Å². The third-order valence-electron chi connectivity index (χ3n) is 3.69. The maximum absolute atomic E-state index is 5.58. The van der Waals surface area contributed by atoms with E-state index in [0.29, 0.717) is 29.1 Å². The Morgan fingerprint density at radius 1 is 1.17 bits per heavy atom. The van der Waals surface area contributed by atoms with Crippen LogP contribution < -0.4 is 15.5 Å². The Morgan fingerprint density at radius 3 is 2.61 bits per heavy atom. The fraction of sp³-hybridized carbons (Fsp3) is 0.692. The van der Waals surface area contributed by atoms with E-state index in [9.17, 15) is 0 Å². The predicted octanol–water partition coefficient (Wildman–Crippen LogP) is -0.609. The number of hydrogen-bond donors (Lipinski definition) is 3. The van der Waals surface area contributed by atoms with Crippen molar-refractivity contribution in [3.05, 3.63) is 4.77 Å². The zero-order valence-electron chi connectivity index (χ0n) is 13.5. The van der Waals surface area contributed by atoms with Crippen molar-refractivity contribution in [1.29, 1.82) is 0 Å². The minimum Gasteiger partial charge on any atom is -0.370 e. The minimum atomic E-state index is 0.557. The molecule has 3 N–H and O–H groups in total. The fourth-order valence-electron chi connectivity index (χ4n) is 2.57. The van der Waals surface area contributed by atoms with Crippen LogP contribution in [-0.2, 0) is 11.4 Å². The van der Waals surface area contributed by atoms with E-state index in [-0.39, 0.29) is 0 Å². The van der Waals surface area contributed by atoms with Gasteiger partial charge in [0.25, 0.3) is 5.78 Å². The predicted molar refractivity (Wildman–Crippen MR) is 89.4 cm³/mol. The first-order valence-electron chi connectivity index (χ1n) is 7.99. The van der Waals surface area contributed by atoms with Crippen molar-refractivity contribution in [3.8, 4) is 0 Å². The third-order valence-corrected chi connectivity index (χ3v) is 4.09. The van der Waals surface area contributed by atoms with Crippen LogP contribution in [0.1, 0.15) is 13.8 Å². The highest BCUT2D eigenvalue weighted by Crippen LogP contribution is 2.12. The molecule has 0 amide bonds. The van der Waals surface area contributed by atoms with Gasteiger partial charge in [-0.25, -0.2) is 4.40 Å². The highest BCUT2D eigenvalue weighted by atomic mass is 32.1. The first kappa shape index (κ1) is 16.1. The number of aromatic nitrogens is 5. The average Bonchev–Trinajstić information content (AvgIpc) is 2.85. The van der Waals surface area contributed by atoms with E-state index in [2.05, 4.69) is 25.7 Å². The maximum atomic E-state index is 5.58. The number of rotatable bonds is 6. The van der Waals surface area contributed by atoms with Crippen molar-refractivity contribution in [2.75, 3.05) is 50.0 Å². The smallest absolute Gasteiger partial charge is 0.260 e. The van der Waals surface area contributed by atoms with Gasteiger partial charge in [0, 0.05) is 13.1 Å². The molecule has 1 aliphatic rings. The lowest BCUT2D eigenvalue weighted by atomic mass is 10.4. The Kier molecular flexibility index (Phi) is 5.03. The number of nitrogens with one attached hydrogen (secondary N) is 3. The minimum absolute atomic E-state index is 0.557. The van der Waals surface area contributed by atoms with E-state index < -0.39 is 0 Å². The van der Waals surface area contributed by atoms with Crippen LogP contribution in [0, 0.1) is 4.77 Å². The first-order valence-corrected chi connectivity index (χ1v) is 8.40. The lowest BCUT2D eigenvalue weighted by Gasteiger charge is -2.23. The van der Waals surface area contributed by atoms with Crippen LogP contribution >= 0.6 is 12.2 Å². The van der Waals surface area contributed by atoms with Crippen molar-refractivity contribution >= 4 is 29.9 Å². The van der Waals surface area contributed by atoms with Crippen molar-refractivity contribution in [2.24, 2.45) is 0 Å². The molecule has 1 saturated heterocycles. The molecule has 0 radical (unpaired) electrons. The van der Waals surface area contributed by atoms with Crippen molar-refractivity contribution in [1.82, 2.24) is 24.1 Å². The van der Waals surface area contributed by atoms with Crippen molar-refractivity contribution < 1.29 is 9.64 Å². The molecule has 1 aliphatic heterocycles. The van der Waals surface area contributed by atoms with Crippen LogP contribution in [0.15, 0.2) is 0 Å². The number of anilines is 2. The summed E-state index contributed by atoms with van der Waals surface area (Å²) in [7, 11) is 0. The summed E-state index contributed by atoms with van der Waals surface area (Å²) in [5, 5.41) is 10.9. The molecule has 23 heavy (non-hydrogen) atoms. The Hall–Kier alpha value is -1.78. The molecule has 3 rings (SSSR count). The lowest BCUT2D eigenvalue weighted by molar-refractivity contribution is -0.930. The van der Waals surface area contributed by atoms with Crippen LogP contribution in [-0.4, -0.2) is 63.5 Å². The molecule has 9 nitrogen and oxygen atoms in total. The van der Waals surface area contributed by atoms with E-state index in [0.717, 1.165) is 39.4 Å². The van der Waals surface area contributed by atoms with Crippen molar-refractivity contribution in [2.45, 2.75) is 20.5 Å². The summed E-state index contributed by atoms with van der Waals surface area (Å²) >= 11 is 5.58.